The molecule has 0 saturated carbocycles. The molecule has 148 valence electrons. The lowest BCUT2D eigenvalue weighted by molar-refractivity contribution is -0.130. The highest BCUT2D eigenvalue weighted by molar-refractivity contribution is 6.08. The molecule has 0 bridgehead atoms. The first kappa shape index (κ1) is 18.5. The topological polar surface area (TPSA) is 104 Å². The maximum absolute atomic E-state index is 12.7. The average Bonchev–Trinajstić information content (AvgIpc) is 3.29. The zero-order chi connectivity index (χ0) is 20.4. The molecule has 8 heteroatoms. The maximum atomic E-state index is 12.7. The first-order valence-electron chi connectivity index (χ1n) is 9.16. The van der Waals surface area contributed by atoms with Crippen LogP contribution in [-0.4, -0.2) is 40.9 Å². The summed E-state index contributed by atoms with van der Waals surface area (Å²) < 4.78 is 5.28. The molecule has 0 spiro atoms. The van der Waals surface area contributed by atoms with Gasteiger partial charge in [-0.15, -0.1) is 0 Å². The van der Waals surface area contributed by atoms with E-state index >= 15 is 0 Å². The molecule has 3 N–H and O–H groups in total. The predicted octanol–water partition coefficient (Wildman–Crippen LogP) is 2.63. The average molecular weight is 392 g/mol. The van der Waals surface area contributed by atoms with Gasteiger partial charge in [-0.2, -0.15) is 0 Å². The first-order chi connectivity index (χ1) is 14.1. The number of aromatic amines is 1. The van der Waals surface area contributed by atoms with E-state index in [0.717, 1.165) is 15.8 Å². The number of H-pyrrole nitrogens is 1. The molecule has 0 aliphatic carbocycles. The fraction of sp³-hybridized carbons (Fsp3) is 0.190. The van der Waals surface area contributed by atoms with Crippen molar-refractivity contribution in [2.45, 2.75) is 19.0 Å². The second-order valence-electron chi connectivity index (χ2n) is 6.74. The smallest absolute Gasteiger partial charge is 0.325 e. The normalized spacial score (nSPS) is 16.2. The molecule has 1 aliphatic heterocycles. The van der Waals surface area contributed by atoms with Crippen LogP contribution in [-0.2, 0) is 16.1 Å². The van der Waals surface area contributed by atoms with Crippen molar-refractivity contribution in [2.75, 3.05) is 12.4 Å². The summed E-state index contributed by atoms with van der Waals surface area (Å²) in [5.74, 6) is -0.193. The molecule has 1 fully saturated rings. The molecule has 2 aromatic carbocycles. The molecule has 4 amide bonds. The molecular formula is C21H20N4O4. The quantitative estimate of drug-likeness (QED) is 0.561. The molecule has 1 unspecified atom stereocenters. The van der Waals surface area contributed by atoms with Gasteiger partial charge in [0, 0.05) is 22.7 Å². The number of nitrogens with zero attached hydrogens (tertiary/aromatic N) is 1. The van der Waals surface area contributed by atoms with Gasteiger partial charge in [0.05, 0.1) is 25.8 Å². The molecule has 29 heavy (non-hydrogen) atoms. The Morgan fingerprint density at radius 1 is 1.14 bits per heavy atom. The number of carbonyl (C=O) groups is 3. The highest BCUT2D eigenvalue weighted by Crippen LogP contribution is 2.24. The zero-order valence-corrected chi connectivity index (χ0v) is 15.8. The minimum atomic E-state index is -0.900. The summed E-state index contributed by atoms with van der Waals surface area (Å²) in [4.78, 5) is 41.7. The molecule has 0 radical (unpaired) electrons. The highest BCUT2D eigenvalue weighted by Gasteiger charge is 2.39. The van der Waals surface area contributed by atoms with Crippen LogP contribution >= 0.6 is 0 Å². The Balaban J connectivity index is 1.43. The molecule has 1 saturated heterocycles. The molecule has 4 rings (SSSR count). The van der Waals surface area contributed by atoms with Crippen LogP contribution in [0.25, 0.3) is 10.9 Å². The number of urea groups is 1. The number of ether oxygens (including phenoxy) is 1. The standard InChI is InChI=1S/C21H20N4O4/c1-29-18-8-3-2-5-13(18)12-25-20(27)17(24-21(25)28)11-19(26)23-16-7-4-6-15-14(16)9-10-22-15/h2-10,17,22H,11-12H2,1H3,(H,23,26)(H,24,28). The number of carbonyl (C=O) groups excluding carboxylic acids is 3. The Morgan fingerprint density at radius 3 is 2.79 bits per heavy atom. The van der Waals surface area contributed by atoms with E-state index in [-0.39, 0.29) is 18.9 Å². The Kier molecular flexibility index (Phi) is 4.90. The second kappa shape index (κ2) is 7.67. The third-order valence-corrected chi connectivity index (χ3v) is 4.89. The van der Waals surface area contributed by atoms with Gasteiger partial charge in [-0.25, -0.2) is 4.79 Å². The summed E-state index contributed by atoms with van der Waals surface area (Å²) in [6.45, 7) is 0.0788. The number of hydrogen-bond donors (Lipinski definition) is 3. The van der Waals surface area contributed by atoms with Crippen LogP contribution in [0.1, 0.15) is 12.0 Å². The van der Waals surface area contributed by atoms with Gasteiger partial charge in [-0.1, -0.05) is 24.3 Å². The van der Waals surface area contributed by atoms with Gasteiger partial charge in [0.25, 0.3) is 5.91 Å². The van der Waals surface area contributed by atoms with Gasteiger partial charge in [0.2, 0.25) is 5.91 Å². The van der Waals surface area contributed by atoms with Crippen molar-refractivity contribution in [1.29, 1.82) is 0 Å². The van der Waals surface area contributed by atoms with E-state index in [2.05, 4.69) is 15.6 Å². The van der Waals surface area contributed by atoms with Crippen molar-refractivity contribution in [3.8, 4) is 5.75 Å². The minimum absolute atomic E-state index is 0.0788. The number of amides is 4. The van der Waals surface area contributed by atoms with Gasteiger partial charge in [0.1, 0.15) is 11.8 Å². The molecule has 2 heterocycles. The Hall–Kier alpha value is -3.81. The van der Waals surface area contributed by atoms with E-state index in [1.807, 2.05) is 30.3 Å². The lowest BCUT2D eigenvalue weighted by atomic mass is 10.1. The SMILES string of the molecule is COc1ccccc1CN1C(=O)NC(CC(=O)Nc2cccc3[nH]ccc23)C1=O. The highest BCUT2D eigenvalue weighted by atomic mass is 16.5. The number of para-hydroxylation sites is 1. The number of fused-ring (bicyclic) bond motifs is 1. The predicted molar refractivity (Wildman–Crippen MR) is 107 cm³/mol. The fourth-order valence-corrected chi connectivity index (χ4v) is 3.45. The monoisotopic (exact) mass is 392 g/mol. The van der Waals surface area contributed by atoms with Crippen LogP contribution in [0, 0.1) is 0 Å². The van der Waals surface area contributed by atoms with E-state index in [0.29, 0.717) is 17.0 Å². The zero-order valence-electron chi connectivity index (χ0n) is 15.8. The molecule has 1 atom stereocenters. The number of benzene rings is 2. The number of hydrogen-bond acceptors (Lipinski definition) is 4. The summed E-state index contributed by atoms with van der Waals surface area (Å²) in [7, 11) is 1.53. The van der Waals surface area contributed by atoms with Gasteiger partial charge in [-0.3, -0.25) is 14.5 Å². The third kappa shape index (κ3) is 3.64. The molecule has 1 aliphatic rings. The lowest BCUT2D eigenvalue weighted by Crippen LogP contribution is -2.34. The van der Waals surface area contributed by atoms with Crippen LogP contribution in [0.15, 0.2) is 54.7 Å². The summed E-state index contributed by atoms with van der Waals surface area (Å²) in [6, 6.07) is 13.1. The first-order valence-corrected chi connectivity index (χ1v) is 9.16. The van der Waals surface area contributed by atoms with E-state index < -0.39 is 18.0 Å². The second-order valence-corrected chi connectivity index (χ2v) is 6.74. The van der Waals surface area contributed by atoms with E-state index in [1.54, 1.807) is 24.4 Å². The number of imide groups is 1. The summed E-state index contributed by atoms with van der Waals surface area (Å²) in [5, 5.41) is 6.28. The van der Waals surface area contributed by atoms with Gasteiger partial charge < -0.3 is 20.4 Å². The van der Waals surface area contributed by atoms with Gasteiger partial charge in [-0.05, 0) is 24.3 Å². The van der Waals surface area contributed by atoms with Gasteiger partial charge >= 0.3 is 6.03 Å². The van der Waals surface area contributed by atoms with Crippen molar-refractivity contribution in [3.05, 3.63) is 60.3 Å². The van der Waals surface area contributed by atoms with Crippen molar-refractivity contribution >= 4 is 34.4 Å². The lowest BCUT2D eigenvalue weighted by Gasteiger charge is -2.15. The summed E-state index contributed by atoms with van der Waals surface area (Å²) in [6.07, 6.45) is 1.64. The van der Waals surface area contributed by atoms with E-state index in [9.17, 15) is 14.4 Å². The number of rotatable bonds is 6. The van der Waals surface area contributed by atoms with Crippen LogP contribution in [0.5, 0.6) is 5.75 Å². The third-order valence-electron chi connectivity index (χ3n) is 4.89. The van der Waals surface area contributed by atoms with E-state index in [4.69, 9.17) is 4.74 Å². The minimum Gasteiger partial charge on any atom is -0.496 e. The number of nitrogens with one attached hydrogen (secondary N) is 3. The molecule has 3 aromatic rings. The van der Waals surface area contributed by atoms with Gasteiger partial charge in [0.15, 0.2) is 0 Å². The van der Waals surface area contributed by atoms with Crippen LogP contribution in [0.2, 0.25) is 0 Å². The van der Waals surface area contributed by atoms with Crippen LogP contribution in [0.3, 0.4) is 0 Å². The van der Waals surface area contributed by atoms with Crippen molar-refractivity contribution in [3.63, 3.8) is 0 Å². The fourth-order valence-electron chi connectivity index (χ4n) is 3.45. The largest absolute Gasteiger partial charge is 0.496 e. The summed E-state index contributed by atoms with van der Waals surface area (Å²) >= 11 is 0. The molecule has 8 nitrogen and oxygen atoms in total. The van der Waals surface area contributed by atoms with Crippen LogP contribution < -0.4 is 15.4 Å². The molecule has 1 aromatic heterocycles. The van der Waals surface area contributed by atoms with Crippen molar-refractivity contribution in [2.24, 2.45) is 0 Å². The Labute approximate surface area is 166 Å². The summed E-state index contributed by atoms with van der Waals surface area (Å²) in [5.41, 5.74) is 2.26. The Bertz CT molecular complexity index is 1090. The number of anilines is 1. The van der Waals surface area contributed by atoms with E-state index in [1.165, 1.54) is 7.11 Å². The number of methoxy groups -OCH3 is 1. The van der Waals surface area contributed by atoms with Crippen molar-refractivity contribution in [1.82, 2.24) is 15.2 Å². The van der Waals surface area contributed by atoms with Crippen LogP contribution in [0.4, 0.5) is 10.5 Å². The Morgan fingerprint density at radius 2 is 1.97 bits per heavy atom. The van der Waals surface area contributed by atoms with Crippen molar-refractivity contribution < 1.29 is 19.1 Å². The molecular weight excluding hydrogens is 372 g/mol. The maximum Gasteiger partial charge on any atom is 0.325 e. The number of aromatic nitrogens is 1.